The summed E-state index contributed by atoms with van der Waals surface area (Å²) in [6.45, 7) is 5.31. The van der Waals surface area contributed by atoms with Crippen molar-refractivity contribution in [3.63, 3.8) is 0 Å². The van der Waals surface area contributed by atoms with Gasteiger partial charge in [0.15, 0.2) is 0 Å². The SMILES string of the molecule is OCCN1CCCN(C2CCCCC2O)CC1. The molecule has 4 nitrogen and oxygen atoms in total. The van der Waals surface area contributed by atoms with E-state index < -0.39 is 0 Å². The number of nitrogens with zero attached hydrogens (tertiary/aromatic N) is 2. The molecule has 0 aromatic heterocycles. The van der Waals surface area contributed by atoms with Crippen LogP contribution in [0.3, 0.4) is 0 Å². The van der Waals surface area contributed by atoms with E-state index in [9.17, 15) is 5.11 Å². The Kier molecular flexibility index (Phi) is 5.22. The lowest BCUT2D eigenvalue weighted by molar-refractivity contribution is 0.0214. The van der Waals surface area contributed by atoms with Gasteiger partial charge in [0.2, 0.25) is 0 Å². The fraction of sp³-hybridized carbons (Fsp3) is 1.00. The first-order chi connectivity index (χ1) is 8.31. The molecule has 1 aliphatic carbocycles. The van der Waals surface area contributed by atoms with Crippen LogP contribution in [0.5, 0.6) is 0 Å². The Bertz CT molecular complexity index is 225. The van der Waals surface area contributed by atoms with Gasteiger partial charge in [-0.05, 0) is 32.4 Å². The smallest absolute Gasteiger partial charge is 0.0695 e. The van der Waals surface area contributed by atoms with Crippen molar-refractivity contribution >= 4 is 0 Å². The second kappa shape index (κ2) is 6.69. The highest BCUT2D eigenvalue weighted by Crippen LogP contribution is 2.24. The van der Waals surface area contributed by atoms with Crippen LogP contribution in [0.2, 0.25) is 0 Å². The monoisotopic (exact) mass is 242 g/mol. The zero-order chi connectivity index (χ0) is 12.1. The van der Waals surface area contributed by atoms with E-state index in [0.717, 1.165) is 52.0 Å². The Morgan fingerprint density at radius 1 is 0.941 bits per heavy atom. The molecule has 1 saturated heterocycles. The number of hydrogen-bond donors (Lipinski definition) is 2. The summed E-state index contributed by atoms with van der Waals surface area (Å²) in [5.41, 5.74) is 0. The van der Waals surface area contributed by atoms with E-state index >= 15 is 0 Å². The molecule has 0 radical (unpaired) electrons. The first-order valence-electron chi connectivity index (χ1n) is 7.06. The van der Waals surface area contributed by atoms with Crippen molar-refractivity contribution in [1.82, 2.24) is 9.80 Å². The standard InChI is InChI=1S/C13H26N2O2/c16-11-10-14-6-3-7-15(9-8-14)12-4-1-2-5-13(12)17/h12-13,16-17H,1-11H2. The van der Waals surface area contributed by atoms with Gasteiger partial charge in [0.1, 0.15) is 0 Å². The Morgan fingerprint density at radius 2 is 1.76 bits per heavy atom. The van der Waals surface area contributed by atoms with Crippen molar-refractivity contribution in [2.24, 2.45) is 0 Å². The minimum absolute atomic E-state index is 0.117. The second-order valence-corrected chi connectivity index (χ2v) is 5.37. The number of rotatable bonds is 3. The van der Waals surface area contributed by atoms with Crippen molar-refractivity contribution in [3.05, 3.63) is 0 Å². The summed E-state index contributed by atoms with van der Waals surface area (Å²) >= 11 is 0. The summed E-state index contributed by atoms with van der Waals surface area (Å²) in [4.78, 5) is 4.80. The Labute approximate surface area is 104 Å². The molecule has 2 atom stereocenters. The van der Waals surface area contributed by atoms with Crippen LogP contribution in [0.4, 0.5) is 0 Å². The molecule has 1 aliphatic heterocycles. The Balaban J connectivity index is 1.84. The molecule has 2 aliphatic rings. The van der Waals surface area contributed by atoms with Gasteiger partial charge in [-0.2, -0.15) is 0 Å². The fourth-order valence-electron chi connectivity index (χ4n) is 3.21. The van der Waals surface area contributed by atoms with Gasteiger partial charge >= 0.3 is 0 Å². The van der Waals surface area contributed by atoms with Crippen LogP contribution in [-0.4, -0.2) is 71.5 Å². The van der Waals surface area contributed by atoms with Gasteiger partial charge in [0.25, 0.3) is 0 Å². The first-order valence-corrected chi connectivity index (χ1v) is 7.06. The second-order valence-electron chi connectivity index (χ2n) is 5.37. The largest absolute Gasteiger partial charge is 0.395 e. The molecule has 1 heterocycles. The normalized spacial score (nSPS) is 33.5. The van der Waals surface area contributed by atoms with E-state index in [0.29, 0.717) is 6.04 Å². The zero-order valence-electron chi connectivity index (χ0n) is 10.7. The highest BCUT2D eigenvalue weighted by atomic mass is 16.3. The van der Waals surface area contributed by atoms with Crippen LogP contribution in [0.25, 0.3) is 0 Å². The average molecular weight is 242 g/mol. The third-order valence-corrected chi connectivity index (χ3v) is 4.20. The van der Waals surface area contributed by atoms with E-state index in [4.69, 9.17) is 5.11 Å². The number of β-amino-alcohol motifs (C(OH)–C–C–N with tert-alkyl or cyclic N) is 1. The minimum atomic E-state index is -0.117. The summed E-state index contributed by atoms with van der Waals surface area (Å²) in [5, 5.41) is 19.1. The van der Waals surface area contributed by atoms with Gasteiger partial charge in [-0.1, -0.05) is 12.8 Å². The van der Waals surface area contributed by atoms with Crippen molar-refractivity contribution in [1.29, 1.82) is 0 Å². The summed E-state index contributed by atoms with van der Waals surface area (Å²) in [5.74, 6) is 0. The van der Waals surface area contributed by atoms with Crippen molar-refractivity contribution < 1.29 is 10.2 Å². The molecule has 0 amide bonds. The highest BCUT2D eigenvalue weighted by molar-refractivity contribution is 4.85. The lowest BCUT2D eigenvalue weighted by Gasteiger charge is -2.37. The average Bonchev–Trinajstić information content (AvgIpc) is 2.56. The lowest BCUT2D eigenvalue weighted by Crippen LogP contribution is -2.47. The van der Waals surface area contributed by atoms with Crippen molar-refractivity contribution in [2.75, 3.05) is 39.3 Å². The summed E-state index contributed by atoms with van der Waals surface area (Å²) in [7, 11) is 0. The molecule has 17 heavy (non-hydrogen) atoms. The van der Waals surface area contributed by atoms with Crippen LogP contribution < -0.4 is 0 Å². The van der Waals surface area contributed by atoms with Gasteiger partial charge in [-0.15, -0.1) is 0 Å². The van der Waals surface area contributed by atoms with Crippen LogP contribution in [0.1, 0.15) is 32.1 Å². The van der Waals surface area contributed by atoms with E-state index in [2.05, 4.69) is 9.80 Å². The number of hydrogen-bond acceptors (Lipinski definition) is 4. The van der Waals surface area contributed by atoms with E-state index in [1.54, 1.807) is 0 Å². The molecule has 1 saturated carbocycles. The molecular formula is C13H26N2O2. The van der Waals surface area contributed by atoms with Crippen LogP contribution in [0, 0.1) is 0 Å². The van der Waals surface area contributed by atoms with Gasteiger partial charge < -0.3 is 10.2 Å². The van der Waals surface area contributed by atoms with Gasteiger partial charge in [-0.25, -0.2) is 0 Å². The molecule has 4 heteroatoms. The van der Waals surface area contributed by atoms with Crippen molar-refractivity contribution in [3.8, 4) is 0 Å². The zero-order valence-corrected chi connectivity index (χ0v) is 10.7. The number of aliphatic hydroxyl groups is 2. The topological polar surface area (TPSA) is 46.9 Å². The molecular weight excluding hydrogens is 216 g/mol. The molecule has 2 rings (SSSR count). The third kappa shape index (κ3) is 3.65. The number of aliphatic hydroxyl groups excluding tert-OH is 2. The fourth-order valence-corrected chi connectivity index (χ4v) is 3.21. The molecule has 100 valence electrons. The molecule has 0 bridgehead atoms. The summed E-state index contributed by atoms with van der Waals surface area (Å²) < 4.78 is 0. The van der Waals surface area contributed by atoms with Gasteiger partial charge in [0, 0.05) is 25.7 Å². The maximum atomic E-state index is 10.1. The predicted octanol–water partition coefficient (Wildman–Crippen LogP) is 0.290. The lowest BCUT2D eigenvalue weighted by atomic mass is 9.91. The maximum Gasteiger partial charge on any atom is 0.0695 e. The third-order valence-electron chi connectivity index (χ3n) is 4.20. The minimum Gasteiger partial charge on any atom is -0.395 e. The van der Waals surface area contributed by atoms with E-state index in [1.807, 2.05) is 0 Å². The molecule has 0 spiro atoms. The summed E-state index contributed by atoms with van der Waals surface area (Å²) in [6.07, 6.45) is 5.61. The highest BCUT2D eigenvalue weighted by Gasteiger charge is 2.29. The molecule has 0 aromatic carbocycles. The van der Waals surface area contributed by atoms with Crippen LogP contribution in [0.15, 0.2) is 0 Å². The Morgan fingerprint density at radius 3 is 2.53 bits per heavy atom. The predicted molar refractivity (Wildman–Crippen MR) is 68.0 cm³/mol. The Hall–Kier alpha value is -0.160. The molecule has 2 fully saturated rings. The van der Waals surface area contributed by atoms with Gasteiger partial charge in [0.05, 0.1) is 12.7 Å². The molecule has 2 unspecified atom stereocenters. The first kappa shape index (κ1) is 13.3. The van der Waals surface area contributed by atoms with E-state index in [1.165, 1.54) is 12.8 Å². The van der Waals surface area contributed by atoms with Crippen LogP contribution >= 0.6 is 0 Å². The van der Waals surface area contributed by atoms with Crippen molar-refractivity contribution in [2.45, 2.75) is 44.2 Å². The van der Waals surface area contributed by atoms with E-state index in [-0.39, 0.29) is 12.7 Å². The van der Waals surface area contributed by atoms with Crippen LogP contribution in [-0.2, 0) is 0 Å². The van der Waals surface area contributed by atoms with Gasteiger partial charge in [-0.3, -0.25) is 9.80 Å². The molecule has 2 N–H and O–H groups in total. The molecule has 0 aromatic rings. The quantitative estimate of drug-likeness (QED) is 0.747. The summed E-state index contributed by atoms with van der Waals surface area (Å²) in [6, 6.07) is 0.387. The maximum absolute atomic E-state index is 10.1.